The maximum atomic E-state index is 16.1. The number of aromatic nitrogens is 3. The van der Waals surface area contributed by atoms with Crippen LogP contribution in [0, 0.1) is 12.4 Å². The van der Waals surface area contributed by atoms with Gasteiger partial charge in [-0.05, 0) is 43.7 Å². The van der Waals surface area contributed by atoms with Gasteiger partial charge in [-0.2, -0.15) is 9.97 Å². The summed E-state index contributed by atoms with van der Waals surface area (Å²) < 4.78 is 36.9. The molecule has 2 aromatic heterocycles. The first-order valence-corrected chi connectivity index (χ1v) is 15.7. The van der Waals surface area contributed by atoms with Gasteiger partial charge in [-0.15, -0.1) is 0 Å². The number of pyridine rings is 1. The van der Waals surface area contributed by atoms with Crippen molar-refractivity contribution in [3.8, 4) is 17.1 Å². The van der Waals surface area contributed by atoms with Crippen LogP contribution in [0.1, 0.15) is 19.3 Å². The molecule has 4 aromatic rings. The molecule has 2 aromatic carbocycles. The number of carbonyl (C=O) groups excluding carboxylic acids is 1. The molecule has 0 N–H and O–H groups in total. The van der Waals surface area contributed by atoms with Crippen LogP contribution in [0.2, 0.25) is 5.02 Å². The van der Waals surface area contributed by atoms with E-state index in [1.165, 1.54) is 12.1 Å². The minimum absolute atomic E-state index is 0.0958. The molecule has 7 rings (SSSR count). The van der Waals surface area contributed by atoms with Crippen LogP contribution in [0.3, 0.4) is 0 Å². The third-order valence-corrected chi connectivity index (χ3v) is 9.85. The third-order valence-electron chi connectivity index (χ3n) is 9.54. The van der Waals surface area contributed by atoms with E-state index < -0.39 is 23.6 Å². The molecular formula is C34H32ClF2N7O2. The van der Waals surface area contributed by atoms with Crippen LogP contribution in [0.15, 0.2) is 55.4 Å². The molecule has 3 atom stereocenters. The second-order valence-electron chi connectivity index (χ2n) is 12.2. The monoisotopic (exact) mass is 643 g/mol. The van der Waals surface area contributed by atoms with Gasteiger partial charge in [0, 0.05) is 77.3 Å². The van der Waals surface area contributed by atoms with E-state index in [0.29, 0.717) is 65.3 Å². The van der Waals surface area contributed by atoms with Crippen molar-refractivity contribution in [3.05, 3.63) is 77.6 Å². The van der Waals surface area contributed by atoms with Crippen LogP contribution in [-0.2, 0) is 4.79 Å². The van der Waals surface area contributed by atoms with Crippen molar-refractivity contribution in [2.24, 2.45) is 0 Å². The highest BCUT2D eigenvalue weighted by Gasteiger charge is 2.49. The highest BCUT2D eigenvalue weighted by atomic mass is 35.5. The highest BCUT2D eigenvalue weighted by molar-refractivity contribution is 6.36. The normalized spacial score (nSPS) is 23.1. The number of benzene rings is 2. The third kappa shape index (κ3) is 5.29. The summed E-state index contributed by atoms with van der Waals surface area (Å²) >= 11 is 6.59. The molecule has 3 fully saturated rings. The average molecular weight is 644 g/mol. The molecule has 5 heterocycles. The molecule has 3 saturated heterocycles. The summed E-state index contributed by atoms with van der Waals surface area (Å²) in [6.45, 7) is 13.7. The zero-order valence-electron chi connectivity index (χ0n) is 25.1. The van der Waals surface area contributed by atoms with E-state index in [1.54, 1.807) is 29.4 Å². The van der Waals surface area contributed by atoms with Crippen LogP contribution < -0.4 is 9.64 Å². The molecule has 9 nitrogen and oxygen atoms in total. The maximum Gasteiger partial charge on any atom is 0.319 e. The molecule has 46 heavy (non-hydrogen) atoms. The van der Waals surface area contributed by atoms with Gasteiger partial charge < -0.3 is 19.4 Å². The molecule has 0 bridgehead atoms. The van der Waals surface area contributed by atoms with E-state index in [9.17, 15) is 9.18 Å². The Morgan fingerprint density at radius 3 is 2.89 bits per heavy atom. The van der Waals surface area contributed by atoms with E-state index in [2.05, 4.69) is 21.3 Å². The number of carbonyl (C=O) groups is 1. The number of halogens is 3. The number of amides is 1. The van der Waals surface area contributed by atoms with E-state index >= 15 is 4.39 Å². The van der Waals surface area contributed by atoms with Crippen LogP contribution in [0.5, 0.6) is 6.01 Å². The van der Waals surface area contributed by atoms with Crippen LogP contribution in [0.4, 0.5) is 14.6 Å². The Bertz CT molecular complexity index is 1900. The topological polar surface area (TPSA) is 79.1 Å². The predicted molar refractivity (Wildman–Crippen MR) is 173 cm³/mol. The molecule has 0 saturated carbocycles. The predicted octanol–water partition coefficient (Wildman–Crippen LogP) is 5.72. The van der Waals surface area contributed by atoms with Crippen molar-refractivity contribution in [2.45, 2.75) is 37.0 Å². The lowest BCUT2D eigenvalue weighted by Gasteiger charge is -2.39. The van der Waals surface area contributed by atoms with Crippen molar-refractivity contribution < 1.29 is 18.3 Å². The SMILES string of the molecule is [C-]#[N+]C[C@H]1CN(c2nc(OC[C@@]34CCCN3C[C@H](F)C4)nc3cc(-c4cncc5cccc(Cl)c45)c(F)cc23)CCN1C(=O)C=C. The number of piperazine rings is 1. The Kier molecular flexibility index (Phi) is 7.95. The van der Waals surface area contributed by atoms with Crippen molar-refractivity contribution in [1.82, 2.24) is 24.8 Å². The van der Waals surface area contributed by atoms with Gasteiger partial charge in [0.25, 0.3) is 0 Å². The Balaban J connectivity index is 1.33. The Hall–Kier alpha value is -4.40. The van der Waals surface area contributed by atoms with Gasteiger partial charge in [-0.1, -0.05) is 30.3 Å². The quantitative estimate of drug-likeness (QED) is 0.188. The summed E-state index contributed by atoms with van der Waals surface area (Å²) in [5.41, 5.74) is 0.842. The summed E-state index contributed by atoms with van der Waals surface area (Å²) in [7, 11) is 0. The lowest BCUT2D eigenvalue weighted by Crippen LogP contribution is -2.56. The number of fused-ring (bicyclic) bond motifs is 3. The zero-order chi connectivity index (χ0) is 32.0. The second-order valence-corrected chi connectivity index (χ2v) is 12.7. The zero-order valence-corrected chi connectivity index (χ0v) is 25.9. The summed E-state index contributed by atoms with van der Waals surface area (Å²) in [5, 5.41) is 2.39. The first kappa shape index (κ1) is 30.3. The fourth-order valence-electron chi connectivity index (χ4n) is 7.38. The number of hydrogen-bond acceptors (Lipinski definition) is 7. The van der Waals surface area contributed by atoms with E-state index in [1.807, 2.05) is 17.0 Å². The molecule has 1 amide bonds. The van der Waals surface area contributed by atoms with Gasteiger partial charge in [0.15, 0.2) is 0 Å². The van der Waals surface area contributed by atoms with Crippen molar-refractivity contribution in [3.63, 3.8) is 0 Å². The number of ether oxygens (including phenoxy) is 1. The lowest BCUT2D eigenvalue weighted by atomic mass is 9.95. The number of hydrogen-bond donors (Lipinski definition) is 0. The van der Waals surface area contributed by atoms with Crippen molar-refractivity contribution in [1.29, 1.82) is 0 Å². The fourth-order valence-corrected chi connectivity index (χ4v) is 7.67. The summed E-state index contributed by atoms with van der Waals surface area (Å²) in [6, 6.07) is 8.20. The van der Waals surface area contributed by atoms with Gasteiger partial charge in [-0.3, -0.25) is 14.7 Å². The van der Waals surface area contributed by atoms with Crippen molar-refractivity contribution >= 4 is 45.0 Å². The molecule has 3 aliphatic heterocycles. The van der Waals surface area contributed by atoms with E-state index in [4.69, 9.17) is 32.9 Å². The minimum atomic E-state index is -0.905. The van der Waals surface area contributed by atoms with E-state index in [-0.39, 0.29) is 30.6 Å². The van der Waals surface area contributed by atoms with Crippen LogP contribution in [-0.4, -0.2) is 94.3 Å². The Morgan fingerprint density at radius 1 is 1.20 bits per heavy atom. The van der Waals surface area contributed by atoms with Crippen molar-refractivity contribution in [2.75, 3.05) is 50.8 Å². The average Bonchev–Trinajstić information content (AvgIpc) is 3.58. The first-order chi connectivity index (χ1) is 22.3. The lowest BCUT2D eigenvalue weighted by molar-refractivity contribution is -0.128. The van der Waals surface area contributed by atoms with Gasteiger partial charge in [0.1, 0.15) is 30.5 Å². The van der Waals surface area contributed by atoms with Crippen LogP contribution >= 0.6 is 11.6 Å². The number of rotatable bonds is 7. The smallest absolute Gasteiger partial charge is 0.319 e. The standard InChI is InChI=1S/C34H32ClF2N7O2/c1-3-30(45)44-11-10-42(19-23(44)16-38-2)32-25-12-28(37)24(26-17-39-15-21-6-4-7-27(35)31(21)26)13-29(25)40-33(41-32)46-20-34-8-5-9-43(34)18-22(36)14-34/h3-4,6-7,12-13,15,17,22-23H,1,5,8-11,14,16,18-20H2/t22-,23+,34+/m1/s1. The molecular weight excluding hydrogens is 612 g/mol. The van der Waals surface area contributed by atoms with Crippen LogP contribution in [0.25, 0.3) is 37.6 Å². The Morgan fingerprint density at radius 2 is 2.07 bits per heavy atom. The molecule has 3 aliphatic rings. The fraction of sp³-hybridized carbons (Fsp3) is 0.382. The Labute approximate surface area is 270 Å². The molecule has 236 valence electrons. The van der Waals surface area contributed by atoms with Gasteiger partial charge in [0.05, 0.1) is 11.1 Å². The molecule has 0 radical (unpaired) electrons. The van der Waals surface area contributed by atoms with Gasteiger partial charge in [-0.25, -0.2) is 15.4 Å². The maximum absolute atomic E-state index is 16.1. The summed E-state index contributed by atoms with van der Waals surface area (Å²) in [4.78, 5) is 35.7. The largest absolute Gasteiger partial charge is 0.461 e. The first-order valence-electron chi connectivity index (χ1n) is 15.4. The summed E-state index contributed by atoms with van der Waals surface area (Å²) in [6.07, 6.45) is 5.82. The number of alkyl halides is 1. The molecule has 0 unspecified atom stereocenters. The number of nitrogens with zero attached hydrogens (tertiary/aromatic N) is 7. The van der Waals surface area contributed by atoms with Gasteiger partial charge in [0.2, 0.25) is 12.5 Å². The highest BCUT2D eigenvalue weighted by Crippen LogP contribution is 2.41. The molecule has 0 aliphatic carbocycles. The van der Waals surface area contributed by atoms with Gasteiger partial charge >= 0.3 is 6.01 Å². The van der Waals surface area contributed by atoms with E-state index in [0.717, 1.165) is 24.8 Å². The summed E-state index contributed by atoms with van der Waals surface area (Å²) in [5.74, 6) is -0.305. The molecule has 12 heteroatoms. The number of anilines is 1. The minimum Gasteiger partial charge on any atom is -0.461 e. The second kappa shape index (κ2) is 12.1. The molecule has 0 spiro atoms.